The van der Waals surface area contributed by atoms with Crippen LogP contribution in [-0.4, -0.2) is 37.0 Å². The van der Waals surface area contributed by atoms with Crippen molar-refractivity contribution in [3.63, 3.8) is 0 Å². The number of nitrogens with zero attached hydrogens (tertiary/aromatic N) is 1. The van der Waals surface area contributed by atoms with Crippen molar-refractivity contribution in [1.82, 2.24) is 4.98 Å². The van der Waals surface area contributed by atoms with E-state index in [9.17, 15) is 36.3 Å². The Hall–Kier alpha value is -3.88. The minimum Gasteiger partial charge on any atom is -0.507 e. The normalized spacial score (nSPS) is 11.4. The monoisotopic (exact) mass is 571 g/mol. The van der Waals surface area contributed by atoms with Crippen molar-refractivity contribution in [1.29, 1.82) is 0 Å². The number of aromatic hydroxyl groups is 1. The molecule has 0 fully saturated rings. The summed E-state index contributed by atoms with van der Waals surface area (Å²) in [4.78, 5) is 27.9. The van der Waals surface area contributed by atoms with E-state index < -0.39 is 62.8 Å². The average molecular weight is 572 g/mol. The number of carbonyl (C=O) groups excluding carboxylic acids is 2. The van der Waals surface area contributed by atoms with Crippen molar-refractivity contribution >= 4 is 65.9 Å². The first-order valence-electron chi connectivity index (χ1n) is 9.97. The number of hydrogen-bond acceptors (Lipinski definition) is 8. The molecule has 9 nitrogen and oxygen atoms in total. The predicted molar refractivity (Wildman–Crippen MR) is 129 cm³/mol. The molecule has 0 aliphatic heterocycles. The lowest BCUT2D eigenvalue weighted by atomic mass is 10.2. The third-order valence-electron chi connectivity index (χ3n) is 4.70. The van der Waals surface area contributed by atoms with E-state index in [1.807, 2.05) is 0 Å². The first-order chi connectivity index (χ1) is 17.4. The molecule has 192 valence electrons. The lowest BCUT2D eigenvalue weighted by molar-refractivity contribution is -0.119. The molecule has 0 radical (unpaired) electrons. The maximum absolute atomic E-state index is 13.8. The minimum atomic E-state index is -4.18. The van der Waals surface area contributed by atoms with Crippen LogP contribution in [0.2, 0.25) is 5.02 Å². The molecule has 37 heavy (non-hydrogen) atoms. The van der Waals surface area contributed by atoms with Gasteiger partial charge in [0.2, 0.25) is 0 Å². The van der Waals surface area contributed by atoms with Crippen molar-refractivity contribution in [2.24, 2.45) is 0 Å². The molecule has 0 saturated carbocycles. The zero-order valence-electron chi connectivity index (χ0n) is 18.1. The lowest BCUT2D eigenvalue weighted by Gasteiger charge is -2.11. The number of sulfonamides is 1. The summed E-state index contributed by atoms with van der Waals surface area (Å²) in [6, 6.07) is 9.34. The van der Waals surface area contributed by atoms with Crippen LogP contribution in [0.5, 0.6) is 5.75 Å². The fourth-order valence-electron chi connectivity index (χ4n) is 2.97. The van der Waals surface area contributed by atoms with Gasteiger partial charge in [0.25, 0.3) is 15.9 Å². The summed E-state index contributed by atoms with van der Waals surface area (Å²) in [5, 5.41) is 12.4. The number of aromatic nitrogens is 1. The Morgan fingerprint density at radius 1 is 1.05 bits per heavy atom. The van der Waals surface area contributed by atoms with E-state index in [-0.39, 0.29) is 20.4 Å². The number of nitrogens with one attached hydrogen (secondary N) is 2. The summed E-state index contributed by atoms with van der Waals surface area (Å²) < 4.78 is 72.9. The van der Waals surface area contributed by atoms with Gasteiger partial charge in [-0.3, -0.25) is 14.8 Å². The van der Waals surface area contributed by atoms with Crippen LogP contribution in [0.4, 0.5) is 24.0 Å². The zero-order chi connectivity index (χ0) is 26.9. The number of rotatable bonds is 7. The quantitative estimate of drug-likeness (QED) is 0.217. The number of phenolic OH excluding ortho intramolecular Hbond substituents is 1. The summed E-state index contributed by atoms with van der Waals surface area (Å²) in [5.74, 6) is -7.43. The second-order valence-electron chi connectivity index (χ2n) is 7.27. The number of amides is 1. The summed E-state index contributed by atoms with van der Waals surface area (Å²) in [6.45, 7) is -0.903. The maximum Gasteiger partial charge on any atom is 0.342 e. The minimum absolute atomic E-state index is 0.0705. The van der Waals surface area contributed by atoms with Gasteiger partial charge in [-0.15, -0.1) is 0 Å². The number of esters is 1. The van der Waals surface area contributed by atoms with Crippen LogP contribution in [-0.2, 0) is 19.6 Å². The maximum atomic E-state index is 13.8. The lowest BCUT2D eigenvalue weighted by Crippen LogP contribution is -2.21. The van der Waals surface area contributed by atoms with Crippen LogP contribution in [0.3, 0.4) is 0 Å². The van der Waals surface area contributed by atoms with Gasteiger partial charge in [-0.1, -0.05) is 22.9 Å². The number of halogens is 4. The smallest absolute Gasteiger partial charge is 0.342 e. The van der Waals surface area contributed by atoms with Crippen LogP contribution in [0.15, 0.2) is 53.4 Å². The summed E-state index contributed by atoms with van der Waals surface area (Å²) >= 11 is 6.43. The Balaban J connectivity index is 1.44. The molecule has 4 rings (SSSR count). The fourth-order valence-corrected chi connectivity index (χ4v) is 5.08. The molecule has 15 heteroatoms. The van der Waals surface area contributed by atoms with E-state index in [1.54, 1.807) is 0 Å². The molecular formula is C22H13ClF3N3O6S2. The number of benzene rings is 3. The van der Waals surface area contributed by atoms with Gasteiger partial charge in [-0.2, -0.15) is 0 Å². The largest absolute Gasteiger partial charge is 0.507 e. The summed E-state index contributed by atoms with van der Waals surface area (Å²) in [5.41, 5.74) is -0.843. The van der Waals surface area contributed by atoms with Crippen molar-refractivity contribution in [2.75, 3.05) is 16.6 Å². The van der Waals surface area contributed by atoms with Gasteiger partial charge in [-0.25, -0.2) is 31.4 Å². The highest BCUT2D eigenvalue weighted by Gasteiger charge is 2.22. The highest BCUT2D eigenvalue weighted by molar-refractivity contribution is 7.92. The Labute approximate surface area is 215 Å². The fraction of sp³-hybridized carbons (Fsp3) is 0.0455. The topological polar surface area (TPSA) is 135 Å². The first-order valence-corrected chi connectivity index (χ1v) is 12.6. The van der Waals surface area contributed by atoms with Gasteiger partial charge in [0.05, 0.1) is 9.60 Å². The predicted octanol–water partition coefficient (Wildman–Crippen LogP) is 4.67. The molecule has 0 atom stereocenters. The van der Waals surface area contributed by atoms with E-state index in [2.05, 4.69) is 15.0 Å². The number of hydrogen-bond donors (Lipinski definition) is 3. The molecule has 1 aromatic heterocycles. The van der Waals surface area contributed by atoms with Crippen LogP contribution >= 0.6 is 22.9 Å². The molecule has 4 aromatic rings. The van der Waals surface area contributed by atoms with E-state index >= 15 is 0 Å². The highest BCUT2D eigenvalue weighted by atomic mass is 35.5. The van der Waals surface area contributed by atoms with Crippen molar-refractivity contribution in [2.45, 2.75) is 4.90 Å². The van der Waals surface area contributed by atoms with Gasteiger partial charge in [0, 0.05) is 10.7 Å². The van der Waals surface area contributed by atoms with Gasteiger partial charge in [0.1, 0.15) is 16.8 Å². The SMILES string of the molecule is O=C(COC(=O)c1cc(S(=O)(=O)Nc2ccc(Cl)cc2)ccc1O)Nc1nc2c(F)c(F)c(F)cc2s1. The molecule has 0 aliphatic rings. The average Bonchev–Trinajstić information content (AvgIpc) is 3.24. The van der Waals surface area contributed by atoms with Crippen LogP contribution in [0, 0.1) is 17.5 Å². The second-order valence-corrected chi connectivity index (χ2v) is 10.4. The van der Waals surface area contributed by atoms with Crippen molar-refractivity contribution < 1.29 is 41.0 Å². The molecule has 1 heterocycles. The van der Waals surface area contributed by atoms with Gasteiger partial charge in [0.15, 0.2) is 29.2 Å². The van der Waals surface area contributed by atoms with Crippen LogP contribution < -0.4 is 10.0 Å². The number of phenols is 1. The Morgan fingerprint density at radius 2 is 1.76 bits per heavy atom. The molecule has 3 N–H and O–H groups in total. The number of thiazole rings is 1. The standard InChI is InChI=1S/C22H13ClF3N3O6S2/c23-10-1-3-11(4-2-10)29-37(33,34)12-5-6-15(30)13(7-12)21(32)35-9-17(31)27-22-28-20-16(36-22)8-14(24)18(25)19(20)26/h1-8,29-30H,9H2,(H,27,28,31). The molecule has 0 bridgehead atoms. The van der Waals surface area contributed by atoms with Gasteiger partial charge >= 0.3 is 5.97 Å². The van der Waals surface area contributed by atoms with E-state index in [1.165, 1.54) is 24.3 Å². The van der Waals surface area contributed by atoms with Crippen LogP contribution in [0.25, 0.3) is 10.2 Å². The van der Waals surface area contributed by atoms with E-state index in [4.69, 9.17) is 16.3 Å². The highest BCUT2D eigenvalue weighted by Crippen LogP contribution is 2.30. The Kier molecular flexibility index (Phi) is 7.25. The number of carbonyl (C=O) groups is 2. The molecule has 3 aromatic carbocycles. The second kappa shape index (κ2) is 10.2. The molecule has 0 unspecified atom stereocenters. The summed E-state index contributed by atoms with van der Waals surface area (Å²) in [7, 11) is -4.18. The molecule has 0 spiro atoms. The third kappa shape index (κ3) is 5.76. The number of anilines is 2. The summed E-state index contributed by atoms with van der Waals surface area (Å²) in [6.07, 6.45) is 0. The van der Waals surface area contributed by atoms with Crippen molar-refractivity contribution in [3.05, 3.63) is 76.6 Å². The molecular weight excluding hydrogens is 559 g/mol. The van der Waals surface area contributed by atoms with E-state index in [0.717, 1.165) is 18.2 Å². The van der Waals surface area contributed by atoms with Crippen LogP contribution in [0.1, 0.15) is 10.4 Å². The number of fused-ring (bicyclic) bond motifs is 1. The Morgan fingerprint density at radius 3 is 2.46 bits per heavy atom. The van der Waals surface area contributed by atoms with Crippen molar-refractivity contribution in [3.8, 4) is 5.75 Å². The van der Waals surface area contributed by atoms with Gasteiger partial charge < -0.3 is 9.84 Å². The Bertz CT molecular complexity index is 1650. The molecule has 1 amide bonds. The number of ether oxygens (including phenoxy) is 1. The first kappa shape index (κ1) is 26.2. The zero-order valence-corrected chi connectivity index (χ0v) is 20.5. The van der Waals surface area contributed by atoms with Gasteiger partial charge in [-0.05, 0) is 48.5 Å². The van der Waals surface area contributed by atoms with E-state index in [0.29, 0.717) is 22.4 Å². The third-order valence-corrected chi connectivity index (χ3v) is 7.25. The molecule has 0 saturated heterocycles. The molecule has 0 aliphatic carbocycles.